The number of rotatable bonds is 6. The molecule has 0 spiro atoms. The summed E-state index contributed by atoms with van der Waals surface area (Å²) in [5, 5.41) is 2.89. The molecule has 1 aromatic rings. The third kappa shape index (κ3) is 4.34. The average molecular weight is 221 g/mol. The molecule has 1 N–H and O–H groups in total. The van der Waals surface area contributed by atoms with E-state index >= 15 is 0 Å². The van der Waals surface area contributed by atoms with Gasteiger partial charge in [-0.1, -0.05) is 25.5 Å². The lowest BCUT2D eigenvalue weighted by molar-refractivity contribution is -0.120. The normalized spacial score (nSPS) is 9.88. The van der Waals surface area contributed by atoms with Gasteiger partial charge in [0, 0.05) is 6.54 Å². The van der Waals surface area contributed by atoms with Crippen molar-refractivity contribution < 1.29 is 9.53 Å². The van der Waals surface area contributed by atoms with Crippen molar-refractivity contribution in [1.82, 2.24) is 5.32 Å². The van der Waals surface area contributed by atoms with Crippen LogP contribution in [0.2, 0.25) is 0 Å². The molecular weight excluding hydrogens is 202 g/mol. The van der Waals surface area contributed by atoms with Gasteiger partial charge < -0.3 is 10.1 Å². The molecule has 0 aromatic heterocycles. The zero-order valence-corrected chi connectivity index (χ0v) is 9.95. The fourth-order valence-corrected chi connectivity index (χ4v) is 1.43. The zero-order valence-electron chi connectivity index (χ0n) is 9.95. The first-order valence-electron chi connectivity index (χ1n) is 5.66. The Morgan fingerprint density at radius 1 is 1.44 bits per heavy atom. The highest BCUT2D eigenvalue weighted by Gasteiger charge is 2.03. The number of hydrogen-bond acceptors (Lipinski definition) is 2. The molecule has 1 rings (SSSR count). The molecule has 0 bridgehead atoms. The molecular formula is C13H19NO2. The summed E-state index contributed by atoms with van der Waals surface area (Å²) in [6.45, 7) is 2.87. The molecule has 3 heteroatoms. The number of ether oxygens (including phenoxy) is 1. The third-order valence-corrected chi connectivity index (χ3v) is 2.35. The minimum atomic E-state index is 0.0710. The molecule has 0 saturated carbocycles. The largest absolute Gasteiger partial charge is 0.497 e. The Morgan fingerprint density at radius 3 is 2.94 bits per heavy atom. The first-order chi connectivity index (χ1) is 7.76. The van der Waals surface area contributed by atoms with Crippen molar-refractivity contribution in [3.05, 3.63) is 29.8 Å². The van der Waals surface area contributed by atoms with Crippen LogP contribution in [-0.4, -0.2) is 19.6 Å². The summed E-state index contributed by atoms with van der Waals surface area (Å²) in [6.07, 6.45) is 2.55. The number of amides is 1. The minimum Gasteiger partial charge on any atom is -0.497 e. The van der Waals surface area contributed by atoms with Crippen LogP contribution in [0.25, 0.3) is 0 Å². The molecule has 0 atom stereocenters. The number of nitrogens with one attached hydrogen (secondary N) is 1. The highest BCUT2D eigenvalue weighted by Crippen LogP contribution is 2.12. The van der Waals surface area contributed by atoms with Gasteiger partial charge in [-0.25, -0.2) is 0 Å². The molecule has 0 heterocycles. The Hall–Kier alpha value is -1.51. The zero-order chi connectivity index (χ0) is 11.8. The van der Waals surface area contributed by atoms with Crippen LogP contribution in [0.5, 0.6) is 5.75 Å². The van der Waals surface area contributed by atoms with Gasteiger partial charge in [-0.05, 0) is 24.1 Å². The van der Waals surface area contributed by atoms with Gasteiger partial charge in [-0.2, -0.15) is 0 Å². The molecule has 88 valence electrons. The second-order valence-electron chi connectivity index (χ2n) is 3.73. The highest BCUT2D eigenvalue weighted by atomic mass is 16.5. The van der Waals surface area contributed by atoms with E-state index in [-0.39, 0.29) is 5.91 Å². The first-order valence-corrected chi connectivity index (χ1v) is 5.66. The van der Waals surface area contributed by atoms with Gasteiger partial charge in [0.1, 0.15) is 5.75 Å². The first kappa shape index (κ1) is 12.6. The number of unbranched alkanes of at least 4 members (excludes halogenated alkanes) is 1. The standard InChI is InChI=1S/C13H19NO2/c1-3-4-8-14-13(15)10-11-6-5-7-12(9-11)16-2/h5-7,9H,3-4,8,10H2,1-2H3,(H,14,15). The van der Waals surface area contributed by atoms with E-state index in [0.29, 0.717) is 6.42 Å². The van der Waals surface area contributed by atoms with E-state index in [1.54, 1.807) is 7.11 Å². The van der Waals surface area contributed by atoms with Crippen molar-refractivity contribution in [2.24, 2.45) is 0 Å². The van der Waals surface area contributed by atoms with E-state index in [1.807, 2.05) is 24.3 Å². The SMILES string of the molecule is CCCCNC(=O)Cc1cccc(OC)c1. The molecule has 0 aliphatic rings. The Bertz CT molecular complexity index is 336. The summed E-state index contributed by atoms with van der Waals surface area (Å²) in [5.41, 5.74) is 0.980. The molecule has 0 aliphatic heterocycles. The lowest BCUT2D eigenvalue weighted by Gasteiger charge is -2.05. The summed E-state index contributed by atoms with van der Waals surface area (Å²) in [7, 11) is 1.63. The van der Waals surface area contributed by atoms with E-state index in [4.69, 9.17) is 4.74 Å². The maximum atomic E-state index is 11.5. The number of methoxy groups -OCH3 is 1. The lowest BCUT2D eigenvalue weighted by Crippen LogP contribution is -2.25. The average Bonchev–Trinajstić information content (AvgIpc) is 2.29. The molecule has 0 saturated heterocycles. The van der Waals surface area contributed by atoms with Crippen LogP contribution in [0.3, 0.4) is 0 Å². The van der Waals surface area contributed by atoms with E-state index < -0.39 is 0 Å². The van der Waals surface area contributed by atoms with Crippen molar-refractivity contribution in [1.29, 1.82) is 0 Å². The fraction of sp³-hybridized carbons (Fsp3) is 0.462. The Morgan fingerprint density at radius 2 is 2.25 bits per heavy atom. The molecule has 0 fully saturated rings. The van der Waals surface area contributed by atoms with Gasteiger partial charge in [0.25, 0.3) is 0 Å². The number of hydrogen-bond donors (Lipinski definition) is 1. The molecule has 0 radical (unpaired) electrons. The summed E-state index contributed by atoms with van der Waals surface area (Å²) >= 11 is 0. The molecule has 1 amide bonds. The summed E-state index contributed by atoms with van der Waals surface area (Å²) in [6, 6.07) is 7.59. The lowest BCUT2D eigenvalue weighted by atomic mass is 10.1. The molecule has 0 aliphatic carbocycles. The van der Waals surface area contributed by atoms with Crippen LogP contribution < -0.4 is 10.1 Å². The third-order valence-electron chi connectivity index (χ3n) is 2.35. The quantitative estimate of drug-likeness (QED) is 0.747. The Kier molecular flexibility index (Phi) is 5.40. The summed E-state index contributed by atoms with van der Waals surface area (Å²) < 4.78 is 5.10. The van der Waals surface area contributed by atoms with Gasteiger partial charge >= 0.3 is 0 Å². The second kappa shape index (κ2) is 6.88. The molecule has 0 unspecified atom stereocenters. The van der Waals surface area contributed by atoms with Crippen LogP contribution >= 0.6 is 0 Å². The van der Waals surface area contributed by atoms with Crippen molar-refractivity contribution >= 4 is 5.91 Å². The van der Waals surface area contributed by atoms with E-state index in [2.05, 4.69) is 12.2 Å². The van der Waals surface area contributed by atoms with Gasteiger partial charge in [-0.15, -0.1) is 0 Å². The number of carbonyl (C=O) groups is 1. The Balaban J connectivity index is 2.43. The fourth-order valence-electron chi connectivity index (χ4n) is 1.43. The van der Waals surface area contributed by atoms with E-state index in [9.17, 15) is 4.79 Å². The van der Waals surface area contributed by atoms with E-state index in [0.717, 1.165) is 30.7 Å². The van der Waals surface area contributed by atoms with Crippen LogP contribution in [0.1, 0.15) is 25.3 Å². The van der Waals surface area contributed by atoms with Crippen molar-refractivity contribution in [2.75, 3.05) is 13.7 Å². The molecule has 3 nitrogen and oxygen atoms in total. The van der Waals surface area contributed by atoms with Crippen molar-refractivity contribution in [2.45, 2.75) is 26.2 Å². The van der Waals surface area contributed by atoms with Crippen LogP contribution in [0.4, 0.5) is 0 Å². The topological polar surface area (TPSA) is 38.3 Å². The van der Waals surface area contributed by atoms with Gasteiger partial charge in [-0.3, -0.25) is 4.79 Å². The second-order valence-corrected chi connectivity index (χ2v) is 3.73. The number of carbonyl (C=O) groups excluding carboxylic acids is 1. The monoisotopic (exact) mass is 221 g/mol. The maximum absolute atomic E-state index is 11.5. The van der Waals surface area contributed by atoms with Crippen molar-refractivity contribution in [3.8, 4) is 5.75 Å². The van der Waals surface area contributed by atoms with Crippen molar-refractivity contribution in [3.63, 3.8) is 0 Å². The van der Waals surface area contributed by atoms with Gasteiger partial charge in [0.2, 0.25) is 5.91 Å². The highest BCUT2D eigenvalue weighted by molar-refractivity contribution is 5.78. The van der Waals surface area contributed by atoms with E-state index in [1.165, 1.54) is 0 Å². The smallest absolute Gasteiger partial charge is 0.224 e. The van der Waals surface area contributed by atoms with Gasteiger partial charge in [0.05, 0.1) is 13.5 Å². The summed E-state index contributed by atoms with van der Waals surface area (Å²) in [4.78, 5) is 11.5. The predicted molar refractivity (Wildman–Crippen MR) is 64.6 cm³/mol. The van der Waals surface area contributed by atoms with Crippen LogP contribution in [0, 0.1) is 0 Å². The van der Waals surface area contributed by atoms with Gasteiger partial charge in [0.15, 0.2) is 0 Å². The maximum Gasteiger partial charge on any atom is 0.224 e. The van der Waals surface area contributed by atoms with Crippen LogP contribution in [0.15, 0.2) is 24.3 Å². The molecule has 1 aromatic carbocycles. The summed E-state index contributed by atoms with van der Waals surface area (Å²) in [5.74, 6) is 0.862. The minimum absolute atomic E-state index is 0.0710. The van der Waals surface area contributed by atoms with Crippen LogP contribution in [-0.2, 0) is 11.2 Å². The Labute approximate surface area is 96.8 Å². The molecule has 16 heavy (non-hydrogen) atoms. The number of benzene rings is 1. The predicted octanol–water partition coefficient (Wildman–Crippen LogP) is 2.15.